The summed E-state index contributed by atoms with van der Waals surface area (Å²) >= 11 is 0. The second-order valence-electron chi connectivity index (χ2n) is 6.72. The first-order chi connectivity index (χ1) is 9.04. The van der Waals surface area contributed by atoms with Crippen LogP contribution in [0.15, 0.2) is 0 Å². The van der Waals surface area contributed by atoms with E-state index >= 15 is 0 Å². The molecule has 0 aromatic carbocycles. The molecule has 0 aromatic rings. The number of hydrogen-bond acceptors (Lipinski definition) is 2. The van der Waals surface area contributed by atoms with Gasteiger partial charge in [0, 0.05) is 5.92 Å². The molecule has 6 atom stereocenters. The fourth-order valence-electron chi connectivity index (χ4n) is 4.61. The summed E-state index contributed by atoms with van der Waals surface area (Å²) in [5.74, 6) is 1.84. The second-order valence-corrected chi connectivity index (χ2v) is 6.72. The Balaban J connectivity index is 1.61. The fraction of sp³-hybridized carbons (Fsp3) is 0.867. The van der Waals surface area contributed by atoms with E-state index in [2.05, 4.69) is 5.32 Å². The zero-order valence-corrected chi connectivity index (χ0v) is 11.6. The normalized spacial score (nSPS) is 41.5. The third-order valence-corrected chi connectivity index (χ3v) is 5.81. The molecule has 2 N–H and O–H groups in total. The summed E-state index contributed by atoms with van der Waals surface area (Å²) in [7, 11) is 0. The van der Waals surface area contributed by atoms with Gasteiger partial charge in [-0.15, -0.1) is 0 Å². The van der Waals surface area contributed by atoms with E-state index in [0.717, 1.165) is 18.3 Å². The SMILES string of the molecule is CC[C@H](C)[C@H](NC(=O)C1C2C3CCC(C3)C12)C(=O)O. The lowest BCUT2D eigenvalue weighted by molar-refractivity contribution is -0.143. The van der Waals surface area contributed by atoms with Crippen molar-refractivity contribution < 1.29 is 14.7 Å². The van der Waals surface area contributed by atoms with E-state index in [1.54, 1.807) is 0 Å². The minimum absolute atomic E-state index is 0.000648. The van der Waals surface area contributed by atoms with E-state index in [1.165, 1.54) is 19.3 Å². The van der Waals surface area contributed by atoms with Crippen LogP contribution >= 0.6 is 0 Å². The highest BCUT2D eigenvalue weighted by Gasteiger charge is 2.67. The van der Waals surface area contributed by atoms with Gasteiger partial charge in [-0.3, -0.25) is 4.79 Å². The number of carbonyl (C=O) groups excluding carboxylic acids is 1. The second kappa shape index (κ2) is 4.50. The van der Waals surface area contributed by atoms with Gasteiger partial charge >= 0.3 is 5.97 Å². The Morgan fingerprint density at radius 2 is 1.84 bits per heavy atom. The molecule has 4 unspecified atom stereocenters. The van der Waals surface area contributed by atoms with Crippen LogP contribution in [0.2, 0.25) is 0 Å². The van der Waals surface area contributed by atoms with Gasteiger partial charge in [-0.25, -0.2) is 4.79 Å². The first-order valence-electron chi connectivity index (χ1n) is 7.57. The Labute approximate surface area is 113 Å². The van der Waals surface area contributed by atoms with Crippen LogP contribution in [0.25, 0.3) is 0 Å². The van der Waals surface area contributed by atoms with Crippen molar-refractivity contribution in [2.24, 2.45) is 35.5 Å². The Morgan fingerprint density at radius 3 is 2.32 bits per heavy atom. The maximum atomic E-state index is 12.3. The van der Waals surface area contributed by atoms with E-state index in [1.807, 2.05) is 13.8 Å². The van der Waals surface area contributed by atoms with E-state index < -0.39 is 12.0 Å². The van der Waals surface area contributed by atoms with Crippen LogP contribution in [-0.4, -0.2) is 23.0 Å². The molecule has 4 heteroatoms. The Hall–Kier alpha value is -1.06. The maximum absolute atomic E-state index is 12.3. The Bertz CT molecular complexity index is 392. The summed E-state index contributed by atoms with van der Waals surface area (Å²) in [6.07, 6.45) is 4.64. The molecule has 106 valence electrons. The Morgan fingerprint density at radius 1 is 1.26 bits per heavy atom. The molecule has 1 amide bonds. The standard InChI is InChI=1S/C15H23NO3/c1-3-7(2)13(15(18)19)16-14(17)12-10-8-4-5-9(6-8)11(10)12/h7-13H,3-6H2,1-2H3,(H,16,17)(H,18,19)/t7-,8?,9?,10?,11?,12?,13-/m0/s1. The minimum atomic E-state index is -0.906. The average molecular weight is 265 g/mol. The number of carboxylic acids is 1. The number of nitrogens with one attached hydrogen (secondary N) is 1. The summed E-state index contributed by atoms with van der Waals surface area (Å²) in [5, 5.41) is 12.0. The van der Waals surface area contributed by atoms with Crippen molar-refractivity contribution in [3.8, 4) is 0 Å². The van der Waals surface area contributed by atoms with Gasteiger partial charge in [0.2, 0.25) is 5.91 Å². The third kappa shape index (κ3) is 1.96. The van der Waals surface area contributed by atoms with Crippen molar-refractivity contribution >= 4 is 11.9 Å². The molecule has 3 fully saturated rings. The van der Waals surface area contributed by atoms with Gasteiger partial charge in [0.05, 0.1) is 0 Å². The number of carbonyl (C=O) groups is 2. The number of fused-ring (bicyclic) bond motifs is 5. The monoisotopic (exact) mass is 265 g/mol. The van der Waals surface area contributed by atoms with Crippen LogP contribution in [0.4, 0.5) is 0 Å². The van der Waals surface area contributed by atoms with Crippen LogP contribution in [0.1, 0.15) is 39.5 Å². The van der Waals surface area contributed by atoms with E-state index in [-0.39, 0.29) is 17.7 Å². The van der Waals surface area contributed by atoms with Gasteiger partial charge < -0.3 is 10.4 Å². The lowest BCUT2D eigenvalue weighted by atomic mass is 9.97. The highest BCUT2D eigenvalue weighted by Crippen LogP contribution is 2.69. The molecule has 2 bridgehead atoms. The summed E-state index contributed by atoms with van der Waals surface area (Å²) < 4.78 is 0. The zero-order valence-electron chi connectivity index (χ0n) is 11.6. The van der Waals surface area contributed by atoms with E-state index in [9.17, 15) is 14.7 Å². The van der Waals surface area contributed by atoms with Crippen LogP contribution in [0.3, 0.4) is 0 Å². The van der Waals surface area contributed by atoms with Crippen molar-refractivity contribution in [1.29, 1.82) is 0 Å². The average Bonchev–Trinajstić information content (AvgIpc) is 2.83. The number of amides is 1. The van der Waals surface area contributed by atoms with E-state index in [0.29, 0.717) is 11.8 Å². The summed E-state index contributed by atoms with van der Waals surface area (Å²) in [6.45, 7) is 3.84. The molecule has 0 aliphatic heterocycles. The first-order valence-corrected chi connectivity index (χ1v) is 7.57. The van der Waals surface area contributed by atoms with Crippen molar-refractivity contribution in [3.63, 3.8) is 0 Å². The maximum Gasteiger partial charge on any atom is 0.326 e. The van der Waals surface area contributed by atoms with E-state index in [4.69, 9.17) is 0 Å². The molecule has 3 rings (SSSR count). The summed E-state index contributed by atoms with van der Waals surface area (Å²) in [5.41, 5.74) is 0. The molecule has 0 aromatic heterocycles. The molecule has 0 radical (unpaired) electrons. The van der Waals surface area contributed by atoms with Crippen molar-refractivity contribution in [3.05, 3.63) is 0 Å². The van der Waals surface area contributed by atoms with Gasteiger partial charge in [0.25, 0.3) is 0 Å². The number of rotatable bonds is 5. The smallest absolute Gasteiger partial charge is 0.326 e. The number of carboxylic acid groups (broad SMARTS) is 1. The van der Waals surface area contributed by atoms with Gasteiger partial charge in [0.15, 0.2) is 0 Å². The summed E-state index contributed by atoms with van der Waals surface area (Å²) in [6, 6.07) is -0.725. The molecule has 19 heavy (non-hydrogen) atoms. The quantitative estimate of drug-likeness (QED) is 0.797. The molecular weight excluding hydrogens is 242 g/mol. The first kappa shape index (κ1) is 12.9. The zero-order chi connectivity index (χ0) is 13.7. The predicted molar refractivity (Wildman–Crippen MR) is 70.3 cm³/mol. The van der Waals surface area contributed by atoms with Crippen LogP contribution in [-0.2, 0) is 9.59 Å². The van der Waals surface area contributed by atoms with Gasteiger partial charge in [0.1, 0.15) is 6.04 Å². The lowest BCUT2D eigenvalue weighted by Crippen LogP contribution is -2.46. The topological polar surface area (TPSA) is 66.4 Å². The van der Waals surface area contributed by atoms with Gasteiger partial charge in [-0.05, 0) is 48.9 Å². The van der Waals surface area contributed by atoms with Crippen LogP contribution in [0, 0.1) is 35.5 Å². The highest BCUT2D eigenvalue weighted by molar-refractivity contribution is 5.87. The molecule has 3 saturated carbocycles. The van der Waals surface area contributed by atoms with Crippen LogP contribution < -0.4 is 5.32 Å². The fourth-order valence-corrected chi connectivity index (χ4v) is 4.61. The van der Waals surface area contributed by atoms with Crippen LogP contribution in [0.5, 0.6) is 0 Å². The van der Waals surface area contributed by atoms with Crippen molar-refractivity contribution in [2.45, 2.75) is 45.6 Å². The van der Waals surface area contributed by atoms with Gasteiger partial charge in [-0.2, -0.15) is 0 Å². The Kier molecular flexibility index (Phi) is 3.06. The highest BCUT2D eigenvalue weighted by atomic mass is 16.4. The molecule has 0 heterocycles. The molecular formula is C15H23NO3. The van der Waals surface area contributed by atoms with Gasteiger partial charge in [-0.1, -0.05) is 20.3 Å². The molecule has 0 saturated heterocycles. The number of aliphatic carboxylic acids is 1. The van der Waals surface area contributed by atoms with Crippen molar-refractivity contribution in [2.75, 3.05) is 0 Å². The molecule has 4 nitrogen and oxygen atoms in total. The molecule has 3 aliphatic carbocycles. The largest absolute Gasteiger partial charge is 0.480 e. The lowest BCUT2D eigenvalue weighted by Gasteiger charge is -2.21. The predicted octanol–water partition coefficient (Wildman–Crippen LogP) is 1.89. The summed E-state index contributed by atoms with van der Waals surface area (Å²) in [4.78, 5) is 23.5. The third-order valence-electron chi connectivity index (χ3n) is 5.81. The molecule has 3 aliphatic rings. The minimum Gasteiger partial charge on any atom is -0.480 e. The number of hydrogen-bond donors (Lipinski definition) is 2. The molecule has 0 spiro atoms. The van der Waals surface area contributed by atoms with Crippen molar-refractivity contribution in [1.82, 2.24) is 5.32 Å².